The van der Waals surface area contributed by atoms with Gasteiger partial charge in [0.2, 0.25) is 11.7 Å². The number of fused-ring (bicyclic) bond motifs is 1. The molecule has 1 amide bonds. The molecule has 4 rings (SSSR count). The van der Waals surface area contributed by atoms with Gasteiger partial charge in [0.05, 0.1) is 19.1 Å². The molecule has 6 nitrogen and oxygen atoms in total. The number of aromatic nitrogens is 1. The molecule has 2 aromatic rings. The number of amides is 1. The number of unbranched alkanes of at least 4 members (excludes halogenated alkanes) is 1. The molecule has 0 bridgehead atoms. The van der Waals surface area contributed by atoms with Crippen LogP contribution in [0.3, 0.4) is 0 Å². The number of hydrogen-bond acceptors (Lipinski definition) is 5. The van der Waals surface area contributed by atoms with Crippen LogP contribution in [0, 0.1) is 11.7 Å². The number of rotatable bonds is 8. The maximum absolute atomic E-state index is 14.6. The van der Waals surface area contributed by atoms with Gasteiger partial charge < -0.3 is 14.1 Å². The average Bonchev–Trinajstić information content (AvgIpc) is 3.25. The number of Topliss-reactive ketones (excluding diaryl/α,β-unsaturated/α-hetero) is 1. The Kier molecular flexibility index (Phi) is 7.55. The lowest BCUT2D eigenvalue weighted by Gasteiger charge is -2.33. The summed E-state index contributed by atoms with van der Waals surface area (Å²) < 4.78 is 26.0. The third-order valence-electron chi connectivity index (χ3n) is 6.77. The predicted molar refractivity (Wildman–Crippen MR) is 119 cm³/mol. The number of ketones is 1. The summed E-state index contributed by atoms with van der Waals surface area (Å²) in [6, 6.07) is 2.69. The maximum atomic E-state index is 14.6. The van der Waals surface area contributed by atoms with Crippen LogP contribution >= 0.6 is 0 Å². The highest BCUT2D eigenvalue weighted by Crippen LogP contribution is 2.38. The van der Waals surface area contributed by atoms with E-state index < -0.39 is 11.7 Å². The van der Waals surface area contributed by atoms with Gasteiger partial charge >= 0.3 is 0 Å². The van der Waals surface area contributed by atoms with E-state index in [4.69, 9.17) is 9.15 Å². The van der Waals surface area contributed by atoms with Gasteiger partial charge in [-0.2, -0.15) is 0 Å². The largest absolute Gasteiger partial charge is 0.433 e. The Morgan fingerprint density at radius 2 is 1.94 bits per heavy atom. The topological polar surface area (TPSA) is 72.6 Å². The lowest BCUT2D eigenvalue weighted by Crippen LogP contribution is -2.43. The Labute approximate surface area is 188 Å². The van der Waals surface area contributed by atoms with Crippen LogP contribution in [0.1, 0.15) is 86.9 Å². The molecule has 1 saturated carbocycles. The van der Waals surface area contributed by atoms with Crippen LogP contribution in [0.5, 0.6) is 0 Å². The third-order valence-corrected chi connectivity index (χ3v) is 6.77. The molecule has 1 unspecified atom stereocenters. The molecule has 0 spiro atoms. The highest BCUT2D eigenvalue weighted by molar-refractivity contribution is 5.95. The Morgan fingerprint density at radius 1 is 1.19 bits per heavy atom. The van der Waals surface area contributed by atoms with Crippen molar-refractivity contribution in [3.8, 4) is 0 Å². The van der Waals surface area contributed by atoms with E-state index in [9.17, 15) is 14.0 Å². The molecule has 1 aromatic carbocycles. The quantitative estimate of drug-likeness (QED) is 0.520. The summed E-state index contributed by atoms with van der Waals surface area (Å²) in [4.78, 5) is 32.2. The number of hydrogen-bond donors (Lipinski definition) is 0. The first-order valence-electron chi connectivity index (χ1n) is 12.1. The molecule has 7 heteroatoms. The van der Waals surface area contributed by atoms with Crippen LogP contribution < -0.4 is 0 Å². The van der Waals surface area contributed by atoms with Gasteiger partial charge in [-0.3, -0.25) is 9.59 Å². The summed E-state index contributed by atoms with van der Waals surface area (Å²) in [5.41, 5.74) is 1.20. The van der Waals surface area contributed by atoms with Gasteiger partial charge in [0.15, 0.2) is 5.58 Å². The molecule has 1 aromatic heterocycles. The number of morpholine rings is 1. The van der Waals surface area contributed by atoms with Crippen molar-refractivity contribution >= 4 is 22.8 Å². The minimum absolute atomic E-state index is 0.00976. The van der Waals surface area contributed by atoms with Gasteiger partial charge in [0.1, 0.15) is 11.3 Å². The van der Waals surface area contributed by atoms with Crippen LogP contribution in [0.4, 0.5) is 4.39 Å². The van der Waals surface area contributed by atoms with Crippen LogP contribution in [0.25, 0.3) is 11.1 Å². The number of ether oxygens (including phenoxy) is 1. The molecular weight excluding hydrogens is 411 g/mol. The van der Waals surface area contributed by atoms with Crippen molar-refractivity contribution in [2.45, 2.75) is 70.6 Å². The molecule has 0 radical (unpaired) electrons. The first-order valence-corrected chi connectivity index (χ1v) is 12.1. The summed E-state index contributed by atoms with van der Waals surface area (Å²) in [6.07, 6.45) is 8.38. The summed E-state index contributed by atoms with van der Waals surface area (Å²) in [7, 11) is 0. The van der Waals surface area contributed by atoms with Crippen LogP contribution in [-0.2, 0) is 9.53 Å². The molecule has 0 N–H and O–H groups in total. The number of oxazole rings is 1. The van der Waals surface area contributed by atoms with E-state index in [2.05, 4.69) is 4.98 Å². The van der Waals surface area contributed by atoms with Crippen molar-refractivity contribution in [1.29, 1.82) is 0 Å². The van der Waals surface area contributed by atoms with Crippen molar-refractivity contribution < 1.29 is 23.1 Å². The van der Waals surface area contributed by atoms with E-state index in [1.165, 1.54) is 31.4 Å². The van der Waals surface area contributed by atoms with Gasteiger partial charge in [-0.15, -0.1) is 0 Å². The van der Waals surface area contributed by atoms with E-state index >= 15 is 0 Å². The average molecular weight is 445 g/mol. The van der Waals surface area contributed by atoms with Crippen molar-refractivity contribution in [1.82, 2.24) is 9.88 Å². The predicted octanol–water partition coefficient (Wildman–Crippen LogP) is 5.25. The summed E-state index contributed by atoms with van der Waals surface area (Å²) in [6.45, 7) is 4.11. The van der Waals surface area contributed by atoms with E-state index in [1.807, 2.05) is 11.8 Å². The Bertz CT molecular complexity index is 945. The molecular formula is C25H33FN2O4. The first-order chi connectivity index (χ1) is 15.6. The Balaban J connectivity index is 1.70. The number of carbonyl (C=O) groups is 2. The smallest absolute Gasteiger partial charge is 0.264 e. The van der Waals surface area contributed by atoms with Crippen LogP contribution in [0.2, 0.25) is 0 Å². The fraction of sp³-hybridized carbons (Fsp3) is 0.640. The molecule has 2 aliphatic rings. The van der Waals surface area contributed by atoms with Gasteiger partial charge in [0.25, 0.3) is 5.89 Å². The van der Waals surface area contributed by atoms with E-state index in [0.717, 1.165) is 25.7 Å². The van der Waals surface area contributed by atoms with Gasteiger partial charge in [-0.05, 0) is 24.8 Å². The number of nitrogens with zero attached hydrogens (tertiary/aromatic N) is 2. The van der Waals surface area contributed by atoms with Crippen molar-refractivity contribution in [2.24, 2.45) is 5.92 Å². The standard InChI is InChI=1S/C25H33FN2O4/c1-2-3-9-22(29)24-27-21-16-18(26)15-19(23(21)32-24)20(14-17-7-5-4-6-8-17)25(30)28-10-12-31-13-11-28/h15-17,20H,2-14H2,1H3. The van der Waals surface area contributed by atoms with Gasteiger partial charge in [-0.1, -0.05) is 45.4 Å². The lowest BCUT2D eigenvalue weighted by atomic mass is 9.80. The SMILES string of the molecule is CCCCC(=O)c1nc2cc(F)cc(C(CC3CCCCC3)C(=O)N3CCOCC3)c2o1. The minimum atomic E-state index is -0.513. The summed E-state index contributed by atoms with van der Waals surface area (Å²) in [5, 5.41) is 0. The zero-order valence-corrected chi connectivity index (χ0v) is 18.9. The zero-order valence-electron chi connectivity index (χ0n) is 18.9. The molecule has 1 aliphatic carbocycles. The fourth-order valence-corrected chi connectivity index (χ4v) is 4.97. The van der Waals surface area contributed by atoms with Crippen molar-refractivity contribution in [3.05, 3.63) is 29.4 Å². The molecule has 174 valence electrons. The summed E-state index contributed by atoms with van der Waals surface area (Å²) in [5.74, 6) is -0.738. The Morgan fingerprint density at radius 3 is 2.66 bits per heavy atom. The van der Waals surface area contributed by atoms with Gasteiger partial charge in [-0.25, -0.2) is 9.37 Å². The second-order valence-electron chi connectivity index (χ2n) is 9.12. The molecule has 32 heavy (non-hydrogen) atoms. The lowest BCUT2D eigenvalue weighted by molar-refractivity contribution is -0.137. The van der Waals surface area contributed by atoms with E-state index in [1.54, 1.807) is 0 Å². The van der Waals surface area contributed by atoms with E-state index in [-0.39, 0.29) is 17.6 Å². The maximum Gasteiger partial charge on any atom is 0.264 e. The minimum Gasteiger partial charge on any atom is -0.433 e. The monoisotopic (exact) mass is 444 g/mol. The van der Waals surface area contributed by atoms with Crippen LogP contribution in [-0.4, -0.2) is 47.9 Å². The third kappa shape index (κ3) is 5.20. The first kappa shape index (κ1) is 22.9. The molecule has 2 fully saturated rings. The number of carbonyl (C=O) groups excluding carboxylic acids is 2. The second kappa shape index (κ2) is 10.6. The molecule has 2 heterocycles. The van der Waals surface area contributed by atoms with Crippen LogP contribution in [0.15, 0.2) is 16.5 Å². The van der Waals surface area contributed by atoms with Crippen molar-refractivity contribution in [2.75, 3.05) is 26.3 Å². The van der Waals surface area contributed by atoms with E-state index in [0.29, 0.717) is 61.7 Å². The highest BCUT2D eigenvalue weighted by Gasteiger charge is 2.33. The second-order valence-corrected chi connectivity index (χ2v) is 9.12. The molecule has 1 saturated heterocycles. The summed E-state index contributed by atoms with van der Waals surface area (Å²) >= 11 is 0. The van der Waals surface area contributed by atoms with Gasteiger partial charge in [0, 0.05) is 31.1 Å². The normalized spacial score (nSPS) is 18.8. The zero-order chi connectivity index (χ0) is 22.5. The van der Waals surface area contributed by atoms with Crippen molar-refractivity contribution in [3.63, 3.8) is 0 Å². The molecule has 1 atom stereocenters. The fourth-order valence-electron chi connectivity index (χ4n) is 4.97. The number of halogens is 1. The Hall–Kier alpha value is -2.28. The molecule has 1 aliphatic heterocycles. The highest BCUT2D eigenvalue weighted by atomic mass is 19.1. The number of benzene rings is 1.